The lowest BCUT2D eigenvalue weighted by atomic mass is 9.83. The highest BCUT2D eigenvalue weighted by Crippen LogP contribution is 2.41. The maximum absolute atomic E-state index is 6.33. The van der Waals surface area contributed by atoms with Crippen LogP contribution in [0.4, 0.5) is 0 Å². The van der Waals surface area contributed by atoms with Crippen LogP contribution in [0.5, 0.6) is 0 Å². The van der Waals surface area contributed by atoms with E-state index in [1.165, 1.54) is 6.42 Å². The largest absolute Gasteiger partial charge is 0.368 e. The van der Waals surface area contributed by atoms with E-state index in [1.807, 2.05) is 0 Å². The van der Waals surface area contributed by atoms with Crippen molar-refractivity contribution >= 4 is 0 Å². The van der Waals surface area contributed by atoms with Gasteiger partial charge in [0.05, 0.1) is 11.2 Å². The predicted molar refractivity (Wildman–Crippen MR) is 68.5 cm³/mol. The maximum atomic E-state index is 6.33. The summed E-state index contributed by atoms with van der Waals surface area (Å²) in [6.07, 6.45) is 1.18. The first-order valence-electron chi connectivity index (χ1n) is 6.35. The summed E-state index contributed by atoms with van der Waals surface area (Å²) in [4.78, 5) is 2.36. The zero-order valence-electron chi connectivity index (χ0n) is 11.7. The van der Waals surface area contributed by atoms with Crippen molar-refractivity contribution in [1.29, 1.82) is 0 Å². The molecule has 1 heterocycles. The summed E-state index contributed by atoms with van der Waals surface area (Å²) in [6.45, 7) is 12.9. The number of hydrogen-bond acceptors (Lipinski definition) is 3. The summed E-state index contributed by atoms with van der Waals surface area (Å²) in [5.74, 6) is 0.402. The number of hydrogen-bond donors (Lipinski definition) is 1. The second-order valence-electron chi connectivity index (χ2n) is 6.20. The molecule has 1 aliphatic rings. The van der Waals surface area contributed by atoms with Crippen LogP contribution in [0.25, 0.3) is 0 Å². The molecule has 0 aromatic carbocycles. The van der Waals surface area contributed by atoms with Gasteiger partial charge in [-0.15, -0.1) is 0 Å². The van der Waals surface area contributed by atoms with E-state index < -0.39 is 0 Å². The number of ether oxygens (including phenoxy) is 1. The van der Waals surface area contributed by atoms with E-state index in [0.717, 1.165) is 13.1 Å². The second kappa shape index (κ2) is 4.63. The Hall–Kier alpha value is -0.120. The first-order chi connectivity index (χ1) is 7.20. The van der Waals surface area contributed by atoms with Crippen molar-refractivity contribution < 1.29 is 4.74 Å². The lowest BCUT2D eigenvalue weighted by molar-refractivity contribution is -0.0780. The van der Waals surface area contributed by atoms with Gasteiger partial charge in [-0.25, -0.2) is 0 Å². The van der Waals surface area contributed by atoms with Crippen LogP contribution in [-0.4, -0.2) is 42.3 Å². The van der Waals surface area contributed by atoms with Crippen LogP contribution in [0, 0.1) is 5.92 Å². The van der Waals surface area contributed by atoms with E-state index in [0.29, 0.717) is 5.92 Å². The number of nitrogens with two attached hydrogens (primary N) is 1. The molecule has 0 aromatic rings. The minimum atomic E-state index is -0.207. The third-order valence-electron chi connectivity index (χ3n) is 3.77. The molecule has 1 saturated heterocycles. The molecule has 0 radical (unpaired) electrons. The first-order valence-corrected chi connectivity index (χ1v) is 6.35. The molecule has 2 N–H and O–H groups in total. The zero-order valence-corrected chi connectivity index (χ0v) is 11.7. The van der Waals surface area contributed by atoms with Gasteiger partial charge in [0, 0.05) is 18.5 Å². The molecule has 1 rings (SSSR count). The Balaban J connectivity index is 2.71. The van der Waals surface area contributed by atoms with Crippen molar-refractivity contribution in [2.24, 2.45) is 11.7 Å². The molecule has 0 bridgehead atoms. The van der Waals surface area contributed by atoms with Crippen LogP contribution in [0.3, 0.4) is 0 Å². The van der Waals surface area contributed by atoms with Crippen LogP contribution in [-0.2, 0) is 4.74 Å². The van der Waals surface area contributed by atoms with Gasteiger partial charge in [-0.1, -0.05) is 6.92 Å². The normalized spacial score (nSPS) is 32.2. The Kier molecular flexibility index (Phi) is 4.04. The fourth-order valence-electron chi connectivity index (χ4n) is 2.88. The van der Waals surface area contributed by atoms with Crippen molar-refractivity contribution in [2.75, 3.05) is 20.1 Å². The Morgan fingerprint density at radius 2 is 1.75 bits per heavy atom. The highest BCUT2D eigenvalue weighted by atomic mass is 16.5. The zero-order chi connectivity index (χ0) is 12.6. The van der Waals surface area contributed by atoms with Gasteiger partial charge < -0.3 is 15.4 Å². The Morgan fingerprint density at radius 1 is 1.19 bits per heavy atom. The van der Waals surface area contributed by atoms with Gasteiger partial charge in [-0.05, 0) is 47.7 Å². The molecule has 0 aromatic heterocycles. The molecule has 1 fully saturated rings. The first kappa shape index (κ1) is 13.9. The van der Waals surface area contributed by atoms with Crippen LogP contribution in [0.15, 0.2) is 0 Å². The second-order valence-corrected chi connectivity index (χ2v) is 6.20. The van der Waals surface area contributed by atoms with Crippen LogP contribution in [0.1, 0.15) is 41.0 Å². The summed E-state index contributed by atoms with van der Waals surface area (Å²) in [5, 5.41) is 0. The standard InChI is InChI=1S/C13H28N2O/c1-7-8-15(6)9-10-11(14)13(4,5)16-12(10,2)3/h10-11H,7-9,14H2,1-6H3. The Bertz CT molecular complexity index is 238. The number of nitrogens with zero attached hydrogens (tertiary/aromatic N) is 1. The molecule has 0 amide bonds. The minimum Gasteiger partial charge on any atom is -0.368 e. The van der Waals surface area contributed by atoms with Crippen molar-refractivity contribution in [1.82, 2.24) is 4.90 Å². The molecule has 0 saturated carbocycles. The average Bonchev–Trinajstić information content (AvgIpc) is 2.24. The summed E-state index contributed by atoms with van der Waals surface area (Å²) >= 11 is 0. The van der Waals surface area contributed by atoms with E-state index >= 15 is 0 Å². The fraction of sp³-hybridized carbons (Fsp3) is 1.00. The van der Waals surface area contributed by atoms with Crippen molar-refractivity contribution in [3.05, 3.63) is 0 Å². The van der Waals surface area contributed by atoms with Gasteiger partial charge in [-0.3, -0.25) is 0 Å². The predicted octanol–water partition coefficient (Wildman–Crippen LogP) is 1.86. The average molecular weight is 228 g/mol. The summed E-state index contributed by atoms with van der Waals surface area (Å²) in [5.41, 5.74) is 6.00. The van der Waals surface area contributed by atoms with Gasteiger partial charge in [0.2, 0.25) is 0 Å². The molecule has 2 unspecified atom stereocenters. The van der Waals surface area contributed by atoms with Gasteiger partial charge >= 0.3 is 0 Å². The van der Waals surface area contributed by atoms with E-state index in [-0.39, 0.29) is 17.2 Å². The van der Waals surface area contributed by atoms with Crippen molar-refractivity contribution in [2.45, 2.75) is 58.3 Å². The van der Waals surface area contributed by atoms with Gasteiger partial charge in [0.1, 0.15) is 0 Å². The molecule has 96 valence electrons. The molecule has 0 spiro atoms. The molecule has 1 aliphatic heterocycles. The van der Waals surface area contributed by atoms with Crippen LogP contribution in [0.2, 0.25) is 0 Å². The topological polar surface area (TPSA) is 38.5 Å². The fourth-order valence-corrected chi connectivity index (χ4v) is 2.88. The van der Waals surface area contributed by atoms with Crippen LogP contribution >= 0.6 is 0 Å². The molecular formula is C13H28N2O. The minimum absolute atomic E-state index is 0.113. The quantitative estimate of drug-likeness (QED) is 0.798. The summed E-state index contributed by atoms with van der Waals surface area (Å²) < 4.78 is 6.09. The summed E-state index contributed by atoms with van der Waals surface area (Å²) in [7, 11) is 2.16. The van der Waals surface area contributed by atoms with E-state index in [4.69, 9.17) is 10.5 Å². The lowest BCUT2D eigenvalue weighted by Gasteiger charge is -2.31. The highest BCUT2D eigenvalue weighted by molar-refractivity contribution is 5.04. The molecule has 3 heteroatoms. The Morgan fingerprint density at radius 3 is 2.12 bits per heavy atom. The van der Waals surface area contributed by atoms with Crippen LogP contribution < -0.4 is 5.73 Å². The monoisotopic (exact) mass is 228 g/mol. The smallest absolute Gasteiger partial charge is 0.0788 e. The molecular weight excluding hydrogens is 200 g/mol. The lowest BCUT2D eigenvalue weighted by Crippen LogP contribution is -2.47. The number of rotatable bonds is 4. The molecule has 0 aliphatic carbocycles. The van der Waals surface area contributed by atoms with Gasteiger partial charge in [0.15, 0.2) is 0 Å². The third kappa shape index (κ3) is 2.76. The molecule has 2 atom stereocenters. The highest BCUT2D eigenvalue weighted by Gasteiger charge is 2.52. The molecule has 16 heavy (non-hydrogen) atoms. The van der Waals surface area contributed by atoms with E-state index in [2.05, 4.69) is 46.6 Å². The molecule has 3 nitrogen and oxygen atoms in total. The third-order valence-corrected chi connectivity index (χ3v) is 3.77. The van der Waals surface area contributed by atoms with Gasteiger partial charge in [0.25, 0.3) is 0 Å². The van der Waals surface area contributed by atoms with E-state index in [1.54, 1.807) is 0 Å². The Labute approximate surface area is 100 Å². The van der Waals surface area contributed by atoms with Gasteiger partial charge in [-0.2, -0.15) is 0 Å². The maximum Gasteiger partial charge on any atom is 0.0788 e. The van der Waals surface area contributed by atoms with Crippen molar-refractivity contribution in [3.63, 3.8) is 0 Å². The summed E-state index contributed by atoms with van der Waals surface area (Å²) in [6, 6.07) is 0.113. The SMILES string of the molecule is CCCN(C)CC1C(N)C(C)(C)OC1(C)C. The van der Waals surface area contributed by atoms with Crippen molar-refractivity contribution in [3.8, 4) is 0 Å². The van der Waals surface area contributed by atoms with E-state index in [9.17, 15) is 0 Å².